The van der Waals surface area contributed by atoms with Crippen molar-refractivity contribution in [3.63, 3.8) is 0 Å². The maximum atomic E-state index is 11.1. The maximum Gasteiger partial charge on any atom is 0.308 e. The second-order valence-corrected chi connectivity index (χ2v) is 6.36. The number of rotatable bonds is 3. The molecule has 1 aromatic carbocycles. The molecule has 7 heteroatoms. The van der Waals surface area contributed by atoms with Crippen molar-refractivity contribution in [2.75, 3.05) is 18.0 Å². The Balaban J connectivity index is 1.82. The van der Waals surface area contributed by atoms with Gasteiger partial charge in [0, 0.05) is 18.7 Å². The molecule has 1 aliphatic rings. The van der Waals surface area contributed by atoms with Crippen molar-refractivity contribution in [1.29, 1.82) is 0 Å². The molecule has 3 rings (SSSR count). The molecular weight excluding hydrogens is 310 g/mol. The van der Waals surface area contributed by atoms with Gasteiger partial charge in [0.25, 0.3) is 0 Å². The molecule has 1 saturated heterocycles. The van der Waals surface area contributed by atoms with Crippen LogP contribution in [-0.2, 0) is 4.79 Å². The molecule has 0 saturated carbocycles. The number of benzene rings is 1. The lowest BCUT2D eigenvalue weighted by atomic mass is 9.99. The number of carbonyl (C=O) groups is 1. The normalized spacial score (nSPS) is 18.7. The molecule has 21 heavy (non-hydrogen) atoms. The highest BCUT2D eigenvalue weighted by atomic mass is 35.5. The number of nitrogens with zero attached hydrogens (tertiary/aromatic N) is 3. The Bertz CT molecular complexity index is 661. The van der Waals surface area contributed by atoms with Crippen LogP contribution >= 0.6 is 22.9 Å². The molecule has 2 heterocycles. The van der Waals surface area contributed by atoms with Crippen molar-refractivity contribution < 1.29 is 9.90 Å². The molecule has 1 aliphatic heterocycles. The Hall–Kier alpha value is -1.66. The molecule has 0 spiro atoms. The molecule has 1 fully saturated rings. The lowest BCUT2D eigenvalue weighted by molar-refractivity contribution is -0.141. The minimum Gasteiger partial charge on any atom is -0.481 e. The highest BCUT2D eigenvalue weighted by Gasteiger charge is 2.27. The molecule has 0 aliphatic carbocycles. The summed E-state index contributed by atoms with van der Waals surface area (Å²) < 4.78 is 0. The van der Waals surface area contributed by atoms with E-state index in [0.717, 1.165) is 35.1 Å². The Morgan fingerprint density at radius 1 is 1.38 bits per heavy atom. The summed E-state index contributed by atoms with van der Waals surface area (Å²) in [7, 11) is 0. The molecule has 1 atom stereocenters. The van der Waals surface area contributed by atoms with Crippen LogP contribution < -0.4 is 4.90 Å². The standard InChI is InChI=1S/C14H14ClN3O2S/c15-11-6-2-1-5-10(11)12-16-17-14(21-12)18-7-3-4-9(8-18)13(19)20/h1-2,5-6,9H,3-4,7-8H2,(H,19,20). The third kappa shape index (κ3) is 3.01. The average Bonchev–Trinajstić information content (AvgIpc) is 2.97. The average molecular weight is 324 g/mol. The van der Waals surface area contributed by atoms with Crippen LogP contribution in [0.5, 0.6) is 0 Å². The fourth-order valence-electron chi connectivity index (χ4n) is 2.44. The number of halogens is 1. The summed E-state index contributed by atoms with van der Waals surface area (Å²) in [6, 6.07) is 7.50. The van der Waals surface area contributed by atoms with Crippen LogP contribution in [0.15, 0.2) is 24.3 Å². The third-order valence-electron chi connectivity index (χ3n) is 3.56. The minimum atomic E-state index is -0.740. The van der Waals surface area contributed by atoms with Crippen LogP contribution in [0.2, 0.25) is 5.02 Å². The van der Waals surface area contributed by atoms with Crippen molar-refractivity contribution in [2.24, 2.45) is 5.92 Å². The second kappa shape index (κ2) is 5.99. The molecular formula is C14H14ClN3O2S. The summed E-state index contributed by atoms with van der Waals surface area (Å²) >= 11 is 7.61. The smallest absolute Gasteiger partial charge is 0.308 e. The van der Waals surface area contributed by atoms with Gasteiger partial charge in [-0.05, 0) is 18.9 Å². The van der Waals surface area contributed by atoms with Crippen LogP contribution in [0.3, 0.4) is 0 Å². The first-order valence-corrected chi connectivity index (χ1v) is 7.91. The van der Waals surface area contributed by atoms with Crippen LogP contribution in [-0.4, -0.2) is 34.4 Å². The van der Waals surface area contributed by atoms with Gasteiger partial charge in [-0.1, -0.05) is 41.1 Å². The number of anilines is 1. The van der Waals surface area contributed by atoms with Gasteiger partial charge in [0.05, 0.1) is 10.9 Å². The van der Waals surface area contributed by atoms with Crippen molar-refractivity contribution >= 4 is 34.0 Å². The Morgan fingerprint density at radius 2 is 2.19 bits per heavy atom. The van der Waals surface area contributed by atoms with Gasteiger partial charge in [-0.2, -0.15) is 0 Å². The summed E-state index contributed by atoms with van der Waals surface area (Å²) in [5, 5.41) is 19.7. The van der Waals surface area contributed by atoms with Crippen LogP contribution in [0, 0.1) is 5.92 Å². The van der Waals surface area contributed by atoms with Gasteiger partial charge >= 0.3 is 5.97 Å². The molecule has 0 amide bonds. The van der Waals surface area contributed by atoms with Gasteiger partial charge in [-0.25, -0.2) is 0 Å². The summed E-state index contributed by atoms with van der Waals surface area (Å²) in [6.07, 6.45) is 1.58. The van der Waals surface area contributed by atoms with Crippen LogP contribution in [0.1, 0.15) is 12.8 Å². The zero-order valence-corrected chi connectivity index (χ0v) is 12.8. The van der Waals surface area contributed by atoms with Crippen molar-refractivity contribution in [3.05, 3.63) is 29.3 Å². The fourth-order valence-corrected chi connectivity index (χ4v) is 3.64. The zero-order chi connectivity index (χ0) is 14.8. The molecule has 1 aromatic heterocycles. The summed E-state index contributed by atoms with van der Waals surface area (Å²) in [5.74, 6) is -1.07. The first-order chi connectivity index (χ1) is 10.1. The number of hydrogen-bond donors (Lipinski definition) is 1. The number of carboxylic acids is 1. The lowest BCUT2D eigenvalue weighted by Crippen LogP contribution is -2.38. The van der Waals surface area contributed by atoms with E-state index in [4.69, 9.17) is 16.7 Å². The zero-order valence-electron chi connectivity index (χ0n) is 11.2. The predicted octanol–water partition coefficient (Wildman–Crippen LogP) is 3.16. The first-order valence-electron chi connectivity index (χ1n) is 6.71. The van der Waals surface area contributed by atoms with Gasteiger partial charge in [0.2, 0.25) is 5.13 Å². The Kier molecular flexibility index (Phi) is 4.07. The van der Waals surface area contributed by atoms with E-state index in [1.807, 2.05) is 29.2 Å². The molecule has 2 aromatic rings. The van der Waals surface area contributed by atoms with Gasteiger partial charge in [-0.3, -0.25) is 4.79 Å². The van der Waals surface area contributed by atoms with Crippen molar-refractivity contribution in [3.8, 4) is 10.6 Å². The number of piperidine rings is 1. The van der Waals surface area contributed by atoms with Crippen molar-refractivity contribution in [2.45, 2.75) is 12.8 Å². The maximum absolute atomic E-state index is 11.1. The van der Waals surface area contributed by atoms with Gasteiger partial charge in [0.1, 0.15) is 0 Å². The SMILES string of the molecule is O=C(O)C1CCCN(c2nnc(-c3ccccc3Cl)s2)C1. The molecule has 1 N–H and O–H groups in total. The third-order valence-corrected chi connectivity index (χ3v) is 4.91. The van der Waals surface area contributed by atoms with Crippen molar-refractivity contribution in [1.82, 2.24) is 10.2 Å². The number of aromatic nitrogens is 2. The van der Waals surface area contributed by atoms with Crippen LogP contribution in [0.25, 0.3) is 10.6 Å². The molecule has 1 unspecified atom stereocenters. The molecule has 0 radical (unpaired) electrons. The fraction of sp³-hybridized carbons (Fsp3) is 0.357. The number of carboxylic acid groups (broad SMARTS) is 1. The molecule has 110 valence electrons. The van der Waals surface area contributed by atoms with E-state index < -0.39 is 5.97 Å². The Labute approximate surface area is 131 Å². The Morgan fingerprint density at radius 3 is 2.95 bits per heavy atom. The first kappa shape index (κ1) is 14.3. The van der Waals surface area contributed by atoms with Gasteiger partial charge < -0.3 is 10.0 Å². The minimum absolute atomic E-state index is 0.327. The summed E-state index contributed by atoms with van der Waals surface area (Å²) in [5.41, 5.74) is 0.856. The summed E-state index contributed by atoms with van der Waals surface area (Å²) in [6.45, 7) is 1.31. The van der Waals surface area contributed by atoms with Crippen LogP contribution in [0.4, 0.5) is 5.13 Å². The topological polar surface area (TPSA) is 66.3 Å². The monoisotopic (exact) mass is 323 g/mol. The van der Waals surface area contributed by atoms with Gasteiger partial charge in [0.15, 0.2) is 5.01 Å². The number of hydrogen-bond acceptors (Lipinski definition) is 5. The van der Waals surface area contributed by atoms with E-state index in [-0.39, 0.29) is 5.92 Å². The summed E-state index contributed by atoms with van der Waals surface area (Å²) in [4.78, 5) is 13.1. The quantitative estimate of drug-likeness (QED) is 0.939. The number of aliphatic carboxylic acids is 1. The second-order valence-electron chi connectivity index (χ2n) is 4.99. The highest BCUT2D eigenvalue weighted by Crippen LogP contribution is 2.34. The molecule has 0 bridgehead atoms. The van der Waals surface area contributed by atoms with E-state index in [0.29, 0.717) is 11.6 Å². The van der Waals surface area contributed by atoms with Gasteiger partial charge in [-0.15, -0.1) is 10.2 Å². The van der Waals surface area contributed by atoms with E-state index in [1.165, 1.54) is 11.3 Å². The van der Waals surface area contributed by atoms with E-state index in [1.54, 1.807) is 0 Å². The van der Waals surface area contributed by atoms with E-state index in [9.17, 15) is 4.79 Å². The highest BCUT2D eigenvalue weighted by molar-refractivity contribution is 7.18. The predicted molar refractivity (Wildman–Crippen MR) is 82.9 cm³/mol. The largest absolute Gasteiger partial charge is 0.481 e. The molecule has 5 nitrogen and oxygen atoms in total. The lowest BCUT2D eigenvalue weighted by Gasteiger charge is -2.29. The van der Waals surface area contributed by atoms with E-state index in [2.05, 4.69) is 10.2 Å². The van der Waals surface area contributed by atoms with E-state index >= 15 is 0 Å².